The molecule has 0 aliphatic rings. The molecule has 0 saturated heterocycles. The van der Waals surface area contributed by atoms with Crippen molar-refractivity contribution < 1.29 is 38.0 Å². The lowest BCUT2D eigenvalue weighted by molar-refractivity contribution is -0.161. The van der Waals surface area contributed by atoms with Gasteiger partial charge in [-0.05, 0) is 84.1 Å². The molecule has 0 spiro atoms. The van der Waals surface area contributed by atoms with Crippen LogP contribution >= 0.6 is 0 Å². The van der Waals surface area contributed by atoms with Crippen molar-refractivity contribution in [2.24, 2.45) is 0 Å². The summed E-state index contributed by atoms with van der Waals surface area (Å²) < 4.78 is 35.7. The van der Waals surface area contributed by atoms with Gasteiger partial charge in [-0.3, -0.25) is 0 Å². The summed E-state index contributed by atoms with van der Waals surface area (Å²) in [4.78, 5) is 24.9. The lowest BCUT2D eigenvalue weighted by Crippen LogP contribution is -2.26. The van der Waals surface area contributed by atoms with E-state index in [9.17, 15) is 9.59 Å². The van der Waals surface area contributed by atoms with Crippen LogP contribution in [0.2, 0.25) is 0 Å². The molecule has 2 unspecified atom stereocenters. The van der Waals surface area contributed by atoms with E-state index in [2.05, 4.69) is 13.2 Å². The third-order valence-corrected chi connectivity index (χ3v) is 8.92. The van der Waals surface area contributed by atoms with Gasteiger partial charge in [-0.1, -0.05) is 128 Å². The first kappa shape index (κ1) is 40.6. The second-order valence-corrected chi connectivity index (χ2v) is 13.5. The molecule has 58 heavy (non-hydrogen) atoms. The zero-order valence-electron chi connectivity index (χ0n) is 32.7. The van der Waals surface area contributed by atoms with Crippen molar-refractivity contribution >= 4 is 11.9 Å². The Balaban J connectivity index is 1.04. The normalized spacial score (nSPS) is 11.7. The van der Waals surface area contributed by atoms with Crippen LogP contribution < -0.4 is 18.9 Å². The molecule has 294 valence electrons. The van der Waals surface area contributed by atoms with Gasteiger partial charge in [0.25, 0.3) is 0 Å². The van der Waals surface area contributed by atoms with E-state index < -0.39 is 24.5 Å². The molecular weight excluding hydrogens is 729 g/mol. The highest BCUT2D eigenvalue weighted by molar-refractivity contribution is 5.87. The van der Waals surface area contributed by atoms with Gasteiger partial charge in [0.15, 0.2) is 0 Å². The Morgan fingerprint density at radius 2 is 0.828 bits per heavy atom. The number of hydrogen-bond acceptors (Lipinski definition) is 8. The number of carbonyl (C=O) groups is 2. The maximum absolute atomic E-state index is 12.5. The Morgan fingerprint density at radius 3 is 1.29 bits per heavy atom. The third-order valence-electron chi connectivity index (χ3n) is 8.92. The summed E-state index contributed by atoms with van der Waals surface area (Å²) in [6.45, 7) is 11.0. The minimum atomic E-state index is -0.898. The highest BCUT2D eigenvalue weighted by Crippen LogP contribution is 2.32. The zero-order valence-corrected chi connectivity index (χ0v) is 32.7. The molecule has 0 radical (unpaired) electrons. The average Bonchev–Trinajstić information content (AvgIpc) is 3.25. The lowest BCUT2D eigenvalue weighted by Gasteiger charge is -2.20. The fourth-order valence-corrected chi connectivity index (χ4v) is 5.84. The molecule has 0 aliphatic carbocycles. The monoisotopic (exact) mass is 774 g/mol. The van der Waals surface area contributed by atoms with Crippen molar-refractivity contribution in [3.63, 3.8) is 0 Å². The van der Waals surface area contributed by atoms with Crippen LogP contribution in [0.1, 0.15) is 26.7 Å². The molecule has 0 saturated carbocycles. The van der Waals surface area contributed by atoms with Gasteiger partial charge in [-0.15, -0.1) is 0 Å². The first-order valence-electron chi connectivity index (χ1n) is 19.0. The van der Waals surface area contributed by atoms with Crippen LogP contribution in [0.15, 0.2) is 182 Å². The predicted molar refractivity (Wildman–Crippen MR) is 227 cm³/mol. The van der Waals surface area contributed by atoms with E-state index >= 15 is 0 Å². The summed E-state index contributed by atoms with van der Waals surface area (Å²) in [6, 6.07) is 50.7. The fraction of sp³-hybridized carbons (Fsp3) is 0.160. The molecule has 6 aromatic rings. The first-order valence-corrected chi connectivity index (χ1v) is 19.0. The van der Waals surface area contributed by atoms with Gasteiger partial charge in [0.05, 0.1) is 26.1 Å². The molecule has 6 rings (SSSR count). The molecule has 0 fully saturated rings. The predicted octanol–water partition coefficient (Wildman–Crippen LogP) is 11.3. The van der Waals surface area contributed by atoms with Crippen LogP contribution in [0.4, 0.5) is 0 Å². The second-order valence-electron chi connectivity index (χ2n) is 13.5. The van der Waals surface area contributed by atoms with Gasteiger partial charge in [0, 0.05) is 16.7 Å². The number of para-hydroxylation sites is 1. The lowest BCUT2D eigenvalue weighted by atomic mass is 10.0. The molecule has 6 aromatic carbocycles. The third kappa shape index (κ3) is 11.7. The van der Waals surface area contributed by atoms with Crippen LogP contribution in [0.25, 0.3) is 33.4 Å². The molecule has 8 nitrogen and oxygen atoms in total. The highest BCUT2D eigenvalue weighted by atomic mass is 16.7. The minimum Gasteiger partial charge on any atom is -0.493 e. The summed E-state index contributed by atoms with van der Waals surface area (Å²) >= 11 is 0. The Morgan fingerprint density at radius 1 is 0.448 bits per heavy atom. The summed E-state index contributed by atoms with van der Waals surface area (Å²) in [5, 5.41) is 0. The number of rotatable bonds is 19. The van der Waals surface area contributed by atoms with E-state index in [4.69, 9.17) is 28.4 Å². The molecule has 0 bridgehead atoms. The Labute approximate surface area is 339 Å². The standard InChI is InChI=1S/C50H46O8/c1-35(2)49(51)57-47(55-43-27-19-39(20-28-43)37-13-7-5-8-14-37)31-33-53-42-25-23-41(24-26-42)45-17-11-12-18-46(45)54-34-32-48(58-50(52)36(3)4)56-44-29-21-40(22-30-44)38-15-9-6-10-16-38/h5-30,47-48H,1,3,31-34H2,2,4H3. The van der Waals surface area contributed by atoms with Crippen LogP contribution in [-0.2, 0) is 19.1 Å². The smallest absolute Gasteiger partial charge is 0.336 e. The van der Waals surface area contributed by atoms with Crippen molar-refractivity contribution in [3.8, 4) is 56.4 Å². The molecule has 0 amide bonds. The summed E-state index contributed by atoms with van der Waals surface area (Å²) in [7, 11) is 0. The zero-order chi connectivity index (χ0) is 40.7. The highest BCUT2D eigenvalue weighted by Gasteiger charge is 2.19. The Hall–Kier alpha value is -7.06. The van der Waals surface area contributed by atoms with Gasteiger partial charge >= 0.3 is 11.9 Å². The Bertz CT molecular complexity index is 2270. The van der Waals surface area contributed by atoms with Crippen molar-refractivity contribution in [1.29, 1.82) is 0 Å². The van der Waals surface area contributed by atoms with Crippen molar-refractivity contribution in [2.75, 3.05) is 13.2 Å². The minimum absolute atomic E-state index is 0.213. The van der Waals surface area contributed by atoms with Gasteiger partial charge in [0.2, 0.25) is 12.6 Å². The molecular formula is C50H46O8. The molecule has 2 atom stereocenters. The number of hydrogen-bond donors (Lipinski definition) is 0. The van der Waals surface area contributed by atoms with Gasteiger partial charge in [0.1, 0.15) is 23.0 Å². The van der Waals surface area contributed by atoms with Crippen LogP contribution in [0.5, 0.6) is 23.0 Å². The van der Waals surface area contributed by atoms with Crippen LogP contribution in [0.3, 0.4) is 0 Å². The van der Waals surface area contributed by atoms with E-state index in [-0.39, 0.29) is 37.2 Å². The van der Waals surface area contributed by atoms with Gasteiger partial charge in [-0.2, -0.15) is 0 Å². The summed E-state index contributed by atoms with van der Waals surface area (Å²) in [6.07, 6.45) is -1.23. The largest absolute Gasteiger partial charge is 0.493 e. The Kier molecular flexibility index (Phi) is 14.1. The number of ether oxygens (including phenoxy) is 6. The topological polar surface area (TPSA) is 89.5 Å². The van der Waals surface area contributed by atoms with Crippen molar-refractivity contribution in [3.05, 3.63) is 182 Å². The maximum Gasteiger partial charge on any atom is 0.336 e. The SMILES string of the molecule is C=C(C)C(=O)OC(CCOc1ccc(-c2ccccc2OCCC(OC(=O)C(=C)C)Oc2ccc(-c3ccccc3)cc2)cc1)Oc1ccc(-c2ccccc2)cc1. The second kappa shape index (κ2) is 20.2. The van der Waals surface area contributed by atoms with Gasteiger partial charge < -0.3 is 28.4 Å². The van der Waals surface area contributed by atoms with E-state index in [1.807, 2.05) is 158 Å². The van der Waals surface area contributed by atoms with Crippen molar-refractivity contribution in [2.45, 2.75) is 39.3 Å². The average molecular weight is 775 g/mol. The van der Waals surface area contributed by atoms with Gasteiger partial charge in [-0.25, -0.2) is 9.59 Å². The summed E-state index contributed by atoms with van der Waals surface area (Å²) in [5.41, 5.74) is 6.62. The fourth-order valence-electron chi connectivity index (χ4n) is 5.84. The molecule has 0 N–H and O–H groups in total. The summed E-state index contributed by atoms with van der Waals surface area (Å²) in [5.74, 6) is 1.33. The molecule has 0 aromatic heterocycles. The quantitative estimate of drug-likeness (QED) is 0.0456. The molecule has 0 aliphatic heterocycles. The number of carbonyl (C=O) groups excluding carboxylic acids is 2. The van der Waals surface area contributed by atoms with E-state index in [0.717, 1.165) is 33.4 Å². The van der Waals surface area contributed by atoms with Crippen molar-refractivity contribution in [1.82, 2.24) is 0 Å². The number of benzene rings is 6. The van der Waals surface area contributed by atoms with E-state index in [1.165, 1.54) is 0 Å². The van der Waals surface area contributed by atoms with Crippen LogP contribution in [0, 0.1) is 0 Å². The van der Waals surface area contributed by atoms with E-state index in [0.29, 0.717) is 23.0 Å². The molecule has 0 heterocycles. The van der Waals surface area contributed by atoms with Crippen LogP contribution in [-0.4, -0.2) is 37.7 Å². The van der Waals surface area contributed by atoms with E-state index in [1.54, 1.807) is 13.8 Å². The maximum atomic E-state index is 12.5. The first-order chi connectivity index (χ1) is 28.2. The molecule has 8 heteroatoms. The number of esters is 2.